The molecule has 1 aliphatic carbocycles. The molecule has 0 saturated heterocycles. The number of benzene rings is 1. The van der Waals surface area contributed by atoms with Crippen LogP contribution in [-0.4, -0.2) is 10.9 Å². The lowest BCUT2D eigenvalue weighted by molar-refractivity contribution is 0.0989. The standard InChI is InChI=1S/C9H9NO2/c10-8-4-9(12)7-3-5(11)1-2-6(7)8/h1-3,8,11H,4,10H2. The Morgan fingerprint density at radius 2 is 2.25 bits per heavy atom. The summed E-state index contributed by atoms with van der Waals surface area (Å²) in [5.74, 6) is 0.143. The summed E-state index contributed by atoms with van der Waals surface area (Å²) in [5, 5.41) is 9.11. The Bertz CT molecular complexity index is 346. The lowest BCUT2D eigenvalue weighted by Gasteiger charge is -2.01. The molecule has 1 aromatic rings. The third-order valence-electron chi connectivity index (χ3n) is 2.14. The normalized spacial score (nSPS) is 21.1. The molecule has 3 nitrogen and oxygen atoms in total. The third kappa shape index (κ3) is 0.905. The van der Waals surface area contributed by atoms with Gasteiger partial charge < -0.3 is 10.8 Å². The summed E-state index contributed by atoms with van der Waals surface area (Å²) in [6.07, 6.45) is 0.360. The van der Waals surface area contributed by atoms with Gasteiger partial charge in [-0.25, -0.2) is 0 Å². The van der Waals surface area contributed by atoms with E-state index < -0.39 is 0 Å². The fraction of sp³-hybridized carbons (Fsp3) is 0.222. The van der Waals surface area contributed by atoms with Crippen molar-refractivity contribution in [2.24, 2.45) is 5.73 Å². The van der Waals surface area contributed by atoms with Crippen LogP contribution in [0.1, 0.15) is 28.4 Å². The van der Waals surface area contributed by atoms with E-state index in [0.29, 0.717) is 12.0 Å². The summed E-state index contributed by atoms with van der Waals surface area (Å²) in [6, 6.07) is 4.55. The van der Waals surface area contributed by atoms with Gasteiger partial charge in [0.05, 0.1) is 0 Å². The van der Waals surface area contributed by atoms with Crippen molar-refractivity contribution in [3.63, 3.8) is 0 Å². The van der Waals surface area contributed by atoms with E-state index in [1.54, 1.807) is 12.1 Å². The maximum atomic E-state index is 11.2. The zero-order valence-electron chi connectivity index (χ0n) is 6.45. The lowest BCUT2D eigenvalue weighted by Crippen LogP contribution is -2.05. The van der Waals surface area contributed by atoms with Crippen LogP contribution >= 0.6 is 0 Å². The van der Waals surface area contributed by atoms with Gasteiger partial charge in [-0.15, -0.1) is 0 Å². The van der Waals surface area contributed by atoms with Crippen LogP contribution in [0.3, 0.4) is 0 Å². The molecule has 62 valence electrons. The lowest BCUT2D eigenvalue weighted by atomic mass is 10.1. The highest BCUT2D eigenvalue weighted by Gasteiger charge is 2.26. The summed E-state index contributed by atoms with van der Waals surface area (Å²) >= 11 is 0. The van der Waals surface area contributed by atoms with Gasteiger partial charge in [0.15, 0.2) is 5.78 Å². The second-order valence-electron chi connectivity index (χ2n) is 3.01. The molecule has 1 unspecified atom stereocenters. The summed E-state index contributed by atoms with van der Waals surface area (Å²) in [6.45, 7) is 0. The molecule has 3 heteroatoms. The molecule has 0 amide bonds. The molecule has 0 aliphatic heterocycles. The van der Waals surface area contributed by atoms with E-state index in [4.69, 9.17) is 10.8 Å². The fourth-order valence-electron chi connectivity index (χ4n) is 1.53. The van der Waals surface area contributed by atoms with Crippen molar-refractivity contribution < 1.29 is 9.90 Å². The number of carbonyl (C=O) groups is 1. The van der Waals surface area contributed by atoms with E-state index in [1.807, 2.05) is 0 Å². The molecule has 0 heterocycles. The average molecular weight is 163 g/mol. The average Bonchev–Trinajstić information content (AvgIpc) is 2.28. The molecule has 3 N–H and O–H groups in total. The maximum Gasteiger partial charge on any atom is 0.165 e. The monoisotopic (exact) mass is 163 g/mol. The maximum absolute atomic E-state index is 11.2. The second kappa shape index (κ2) is 2.32. The third-order valence-corrected chi connectivity index (χ3v) is 2.14. The molecule has 12 heavy (non-hydrogen) atoms. The van der Waals surface area contributed by atoms with Crippen molar-refractivity contribution in [2.45, 2.75) is 12.5 Å². The molecule has 0 bridgehead atoms. The van der Waals surface area contributed by atoms with Gasteiger partial charge in [0, 0.05) is 18.0 Å². The van der Waals surface area contributed by atoms with Gasteiger partial charge in [-0.2, -0.15) is 0 Å². The van der Waals surface area contributed by atoms with E-state index in [1.165, 1.54) is 6.07 Å². The number of ketones is 1. The second-order valence-corrected chi connectivity index (χ2v) is 3.01. The molecule has 0 fully saturated rings. The highest BCUT2D eigenvalue weighted by molar-refractivity contribution is 6.01. The van der Waals surface area contributed by atoms with Gasteiger partial charge in [0.25, 0.3) is 0 Å². The van der Waals surface area contributed by atoms with Gasteiger partial charge in [-0.1, -0.05) is 6.07 Å². The first-order valence-electron chi connectivity index (χ1n) is 3.80. The van der Waals surface area contributed by atoms with E-state index in [9.17, 15) is 4.79 Å². The minimum Gasteiger partial charge on any atom is -0.508 e. The number of aromatic hydroxyl groups is 1. The van der Waals surface area contributed by atoms with Crippen molar-refractivity contribution in [1.82, 2.24) is 0 Å². The molecular formula is C9H9NO2. The molecule has 2 rings (SSSR count). The zero-order chi connectivity index (χ0) is 8.72. The van der Waals surface area contributed by atoms with Gasteiger partial charge in [0.1, 0.15) is 5.75 Å². The van der Waals surface area contributed by atoms with Crippen LogP contribution in [0, 0.1) is 0 Å². The highest BCUT2D eigenvalue weighted by atomic mass is 16.3. The molecule has 1 aromatic carbocycles. The predicted molar refractivity (Wildman–Crippen MR) is 44.0 cm³/mol. The van der Waals surface area contributed by atoms with Gasteiger partial charge in [-0.05, 0) is 17.7 Å². The first-order valence-corrected chi connectivity index (χ1v) is 3.80. The predicted octanol–water partition coefficient (Wildman–Crippen LogP) is 0.978. The summed E-state index contributed by atoms with van der Waals surface area (Å²) in [4.78, 5) is 11.2. The Morgan fingerprint density at radius 3 is 3.00 bits per heavy atom. The quantitative estimate of drug-likeness (QED) is 0.599. The summed E-state index contributed by atoms with van der Waals surface area (Å²) < 4.78 is 0. The van der Waals surface area contributed by atoms with Crippen LogP contribution in [0.25, 0.3) is 0 Å². The Labute approximate surface area is 69.8 Å². The van der Waals surface area contributed by atoms with Gasteiger partial charge >= 0.3 is 0 Å². The number of hydrogen-bond donors (Lipinski definition) is 2. The molecule has 0 saturated carbocycles. The Morgan fingerprint density at radius 1 is 1.50 bits per heavy atom. The number of hydrogen-bond acceptors (Lipinski definition) is 3. The van der Waals surface area contributed by atoms with Crippen molar-refractivity contribution in [1.29, 1.82) is 0 Å². The number of rotatable bonds is 0. The minimum absolute atomic E-state index is 0.0217. The van der Waals surface area contributed by atoms with Gasteiger partial charge in [0.2, 0.25) is 0 Å². The van der Waals surface area contributed by atoms with Crippen LogP contribution in [0.4, 0.5) is 0 Å². The fourth-order valence-corrected chi connectivity index (χ4v) is 1.53. The molecular weight excluding hydrogens is 154 g/mol. The largest absolute Gasteiger partial charge is 0.508 e. The Balaban J connectivity index is 2.60. The van der Waals surface area contributed by atoms with Crippen LogP contribution in [0.15, 0.2) is 18.2 Å². The number of phenols is 1. The van der Waals surface area contributed by atoms with Crippen LogP contribution in [0.2, 0.25) is 0 Å². The molecule has 0 aromatic heterocycles. The number of nitrogens with two attached hydrogens (primary N) is 1. The minimum atomic E-state index is -0.187. The van der Waals surface area contributed by atoms with E-state index in [2.05, 4.69) is 0 Å². The summed E-state index contributed by atoms with van der Waals surface area (Å²) in [7, 11) is 0. The van der Waals surface area contributed by atoms with Crippen LogP contribution in [0.5, 0.6) is 5.75 Å². The number of fused-ring (bicyclic) bond motifs is 1. The highest BCUT2D eigenvalue weighted by Crippen LogP contribution is 2.31. The summed E-state index contributed by atoms with van der Waals surface area (Å²) in [5.41, 5.74) is 7.10. The smallest absolute Gasteiger partial charge is 0.165 e. The molecule has 1 aliphatic rings. The molecule has 0 radical (unpaired) electrons. The van der Waals surface area contributed by atoms with E-state index in [-0.39, 0.29) is 17.6 Å². The number of carbonyl (C=O) groups excluding carboxylic acids is 1. The first kappa shape index (κ1) is 7.31. The number of phenolic OH excluding ortho intramolecular Hbond substituents is 1. The zero-order valence-corrected chi connectivity index (χ0v) is 6.45. The van der Waals surface area contributed by atoms with Crippen molar-refractivity contribution in [3.05, 3.63) is 29.3 Å². The van der Waals surface area contributed by atoms with Crippen molar-refractivity contribution in [3.8, 4) is 5.75 Å². The Hall–Kier alpha value is -1.35. The van der Waals surface area contributed by atoms with Gasteiger partial charge in [-0.3, -0.25) is 4.79 Å². The topological polar surface area (TPSA) is 63.3 Å². The van der Waals surface area contributed by atoms with E-state index >= 15 is 0 Å². The van der Waals surface area contributed by atoms with Crippen LogP contribution < -0.4 is 5.73 Å². The van der Waals surface area contributed by atoms with Crippen LogP contribution in [-0.2, 0) is 0 Å². The first-order chi connectivity index (χ1) is 5.68. The SMILES string of the molecule is NC1CC(=O)c2cc(O)ccc21. The van der Waals surface area contributed by atoms with Crippen molar-refractivity contribution >= 4 is 5.78 Å². The number of Topliss-reactive ketones (excluding diaryl/α,β-unsaturated/α-hetero) is 1. The molecule has 0 spiro atoms. The van der Waals surface area contributed by atoms with Crippen molar-refractivity contribution in [2.75, 3.05) is 0 Å². The molecule has 1 atom stereocenters. The van der Waals surface area contributed by atoms with E-state index in [0.717, 1.165) is 5.56 Å². The Kier molecular flexibility index (Phi) is 1.41.